The van der Waals surface area contributed by atoms with Gasteiger partial charge in [0.2, 0.25) is 0 Å². The number of esters is 1. The molecule has 0 bridgehead atoms. The highest BCUT2D eigenvalue weighted by Crippen LogP contribution is 2.34. The predicted octanol–water partition coefficient (Wildman–Crippen LogP) is 4.24. The summed E-state index contributed by atoms with van der Waals surface area (Å²) in [7, 11) is 1.43. The summed E-state index contributed by atoms with van der Waals surface area (Å²) < 4.78 is 10.3. The molecule has 2 rings (SSSR count). The number of hydrogen-bond acceptors (Lipinski definition) is 4. The Balaban J connectivity index is 1.98. The molecule has 1 aliphatic rings. The van der Waals surface area contributed by atoms with Gasteiger partial charge in [0.05, 0.1) is 22.7 Å². The molecule has 0 saturated heterocycles. The fraction of sp³-hybridized carbons (Fsp3) is 0.556. The van der Waals surface area contributed by atoms with Gasteiger partial charge in [0, 0.05) is 6.04 Å². The van der Waals surface area contributed by atoms with Gasteiger partial charge < -0.3 is 14.8 Å². The highest BCUT2D eigenvalue weighted by Gasteiger charge is 2.27. The molecule has 1 saturated carbocycles. The highest BCUT2D eigenvalue weighted by atomic mass is 35.5. The minimum Gasteiger partial charge on any atom is -0.494 e. The van der Waals surface area contributed by atoms with Crippen LogP contribution < -0.4 is 10.1 Å². The van der Waals surface area contributed by atoms with Crippen LogP contribution in [0.15, 0.2) is 12.1 Å². The summed E-state index contributed by atoms with van der Waals surface area (Å²) in [4.78, 5) is 24.6. The third-order valence-electron chi connectivity index (χ3n) is 4.53. The zero-order chi connectivity index (χ0) is 18.6. The summed E-state index contributed by atoms with van der Waals surface area (Å²) >= 11 is 12.1. The van der Waals surface area contributed by atoms with E-state index in [1.54, 1.807) is 6.92 Å². The monoisotopic (exact) mass is 387 g/mol. The van der Waals surface area contributed by atoms with Gasteiger partial charge in [-0.05, 0) is 37.8 Å². The molecule has 1 aromatic rings. The summed E-state index contributed by atoms with van der Waals surface area (Å²) in [6.45, 7) is 3.68. The molecular weight excluding hydrogens is 365 g/mol. The smallest absolute Gasteiger partial charge is 0.339 e. The van der Waals surface area contributed by atoms with Gasteiger partial charge in [0.1, 0.15) is 0 Å². The van der Waals surface area contributed by atoms with E-state index < -0.39 is 12.1 Å². The van der Waals surface area contributed by atoms with E-state index in [1.807, 2.05) is 0 Å². The Morgan fingerprint density at radius 2 is 1.80 bits per heavy atom. The van der Waals surface area contributed by atoms with Crippen LogP contribution in [-0.4, -0.2) is 31.1 Å². The normalized spacial score (nSPS) is 21.3. The molecule has 0 aliphatic heterocycles. The molecule has 0 radical (unpaired) electrons. The van der Waals surface area contributed by atoms with E-state index in [4.69, 9.17) is 32.7 Å². The van der Waals surface area contributed by atoms with Crippen molar-refractivity contribution in [2.24, 2.45) is 5.92 Å². The van der Waals surface area contributed by atoms with Crippen molar-refractivity contribution in [2.75, 3.05) is 7.11 Å². The molecule has 5 nitrogen and oxygen atoms in total. The van der Waals surface area contributed by atoms with Crippen LogP contribution in [0.3, 0.4) is 0 Å². The van der Waals surface area contributed by atoms with Crippen molar-refractivity contribution in [3.63, 3.8) is 0 Å². The van der Waals surface area contributed by atoms with Crippen LogP contribution >= 0.6 is 23.2 Å². The molecule has 25 heavy (non-hydrogen) atoms. The van der Waals surface area contributed by atoms with Crippen molar-refractivity contribution in [1.82, 2.24) is 5.32 Å². The minimum absolute atomic E-state index is 0.132. The van der Waals surface area contributed by atoms with Crippen LogP contribution in [-0.2, 0) is 9.53 Å². The minimum atomic E-state index is -0.902. The standard InChI is InChI=1S/C18H23Cl2NO4/c1-10-6-4-5-7-15(10)21-17(22)11(2)25-18(23)12-8-13(19)16(24-3)14(20)9-12/h8-11,15H,4-7H2,1-3H3,(H,21,22)/t10-,11+,15+/m0/s1. The zero-order valence-corrected chi connectivity index (χ0v) is 16.1. The predicted molar refractivity (Wildman–Crippen MR) is 97.5 cm³/mol. The lowest BCUT2D eigenvalue weighted by Gasteiger charge is -2.30. The summed E-state index contributed by atoms with van der Waals surface area (Å²) in [6, 6.07) is 2.94. The number of amides is 1. The average molecular weight is 388 g/mol. The van der Waals surface area contributed by atoms with E-state index in [1.165, 1.54) is 25.7 Å². The molecule has 1 aromatic carbocycles. The maximum absolute atomic E-state index is 12.3. The summed E-state index contributed by atoms with van der Waals surface area (Å²) in [5, 5.41) is 3.39. The lowest BCUT2D eigenvalue weighted by atomic mass is 9.86. The van der Waals surface area contributed by atoms with Gasteiger partial charge in [-0.1, -0.05) is 43.0 Å². The number of halogens is 2. The van der Waals surface area contributed by atoms with Gasteiger partial charge in [0.15, 0.2) is 11.9 Å². The molecule has 7 heteroatoms. The fourth-order valence-electron chi connectivity index (χ4n) is 2.99. The highest BCUT2D eigenvalue weighted by molar-refractivity contribution is 6.37. The first-order chi connectivity index (χ1) is 11.8. The number of benzene rings is 1. The molecule has 138 valence electrons. The van der Waals surface area contributed by atoms with Crippen LogP contribution in [0.2, 0.25) is 10.0 Å². The maximum atomic E-state index is 12.3. The number of hydrogen-bond donors (Lipinski definition) is 1. The summed E-state index contributed by atoms with van der Waals surface area (Å²) in [6.07, 6.45) is 3.45. The molecular formula is C18H23Cl2NO4. The van der Waals surface area contributed by atoms with Crippen LogP contribution in [0, 0.1) is 5.92 Å². The Kier molecular flexibility index (Phi) is 6.96. The zero-order valence-electron chi connectivity index (χ0n) is 14.6. The molecule has 1 N–H and O–H groups in total. The molecule has 0 heterocycles. The first kappa shape index (κ1) is 19.9. The van der Waals surface area contributed by atoms with Gasteiger partial charge in [-0.15, -0.1) is 0 Å². The molecule has 0 aromatic heterocycles. The second-order valence-corrected chi connectivity index (χ2v) is 7.21. The Hall–Kier alpha value is -1.46. The Morgan fingerprint density at radius 1 is 1.20 bits per heavy atom. The SMILES string of the molecule is COc1c(Cl)cc(C(=O)O[C@H](C)C(=O)N[C@@H]2CCCC[C@@H]2C)cc1Cl. The van der Waals surface area contributed by atoms with Crippen LogP contribution in [0.4, 0.5) is 0 Å². The fourth-order valence-corrected chi connectivity index (χ4v) is 3.63. The molecule has 1 fully saturated rings. The number of methoxy groups -OCH3 is 1. The largest absolute Gasteiger partial charge is 0.494 e. The van der Waals surface area contributed by atoms with Crippen molar-refractivity contribution in [3.05, 3.63) is 27.7 Å². The van der Waals surface area contributed by atoms with Gasteiger partial charge in [0.25, 0.3) is 5.91 Å². The second-order valence-electron chi connectivity index (χ2n) is 6.40. The summed E-state index contributed by atoms with van der Waals surface area (Å²) in [5.41, 5.74) is 0.168. The van der Waals surface area contributed by atoms with Crippen molar-refractivity contribution in [2.45, 2.75) is 51.7 Å². The van der Waals surface area contributed by atoms with Crippen LogP contribution in [0.1, 0.15) is 49.9 Å². The van der Waals surface area contributed by atoms with Gasteiger partial charge in [-0.25, -0.2) is 4.79 Å². The number of rotatable bonds is 5. The van der Waals surface area contributed by atoms with Crippen molar-refractivity contribution in [1.29, 1.82) is 0 Å². The van der Waals surface area contributed by atoms with Crippen molar-refractivity contribution >= 4 is 35.1 Å². The van der Waals surface area contributed by atoms with Crippen LogP contribution in [0.5, 0.6) is 5.75 Å². The molecule has 0 spiro atoms. The third kappa shape index (κ3) is 5.02. The van der Waals surface area contributed by atoms with Crippen LogP contribution in [0.25, 0.3) is 0 Å². The lowest BCUT2D eigenvalue weighted by Crippen LogP contribution is -2.45. The summed E-state index contributed by atoms with van der Waals surface area (Å²) in [5.74, 6) is -0.236. The lowest BCUT2D eigenvalue weighted by molar-refractivity contribution is -0.130. The van der Waals surface area contributed by atoms with Gasteiger partial charge in [-0.3, -0.25) is 4.79 Å². The topological polar surface area (TPSA) is 64.6 Å². The average Bonchev–Trinajstić information content (AvgIpc) is 2.56. The van der Waals surface area contributed by atoms with E-state index in [2.05, 4.69) is 12.2 Å². The molecule has 3 atom stereocenters. The first-order valence-electron chi connectivity index (χ1n) is 8.37. The van der Waals surface area contributed by atoms with Gasteiger partial charge in [-0.2, -0.15) is 0 Å². The van der Waals surface area contributed by atoms with E-state index in [-0.39, 0.29) is 33.3 Å². The second kappa shape index (κ2) is 8.77. The Labute approximate surface area is 158 Å². The number of carbonyl (C=O) groups is 2. The van der Waals surface area contributed by atoms with E-state index >= 15 is 0 Å². The Bertz CT molecular complexity index is 627. The molecule has 0 unspecified atom stereocenters. The first-order valence-corrected chi connectivity index (χ1v) is 9.13. The van der Waals surface area contributed by atoms with E-state index in [0.29, 0.717) is 5.92 Å². The number of ether oxygens (including phenoxy) is 2. The van der Waals surface area contributed by atoms with Crippen molar-refractivity contribution < 1.29 is 19.1 Å². The van der Waals surface area contributed by atoms with Crippen molar-refractivity contribution in [3.8, 4) is 5.75 Å². The number of carbonyl (C=O) groups excluding carboxylic acids is 2. The van der Waals surface area contributed by atoms with E-state index in [9.17, 15) is 9.59 Å². The maximum Gasteiger partial charge on any atom is 0.339 e. The van der Waals surface area contributed by atoms with E-state index in [0.717, 1.165) is 19.3 Å². The molecule has 1 amide bonds. The quantitative estimate of drug-likeness (QED) is 0.767. The third-order valence-corrected chi connectivity index (χ3v) is 5.09. The van der Waals surface area contributed by atoms with Gasteiger partial charge >= 0.3 is 5.97 Å². The molecule has 1 aliphatic carbocycles. The number of nitrogens with one attached hydrogen (secondary N) is 1. The Morgan fingerprint density at radius 3 is 2.36 bits per heavy atom.